The molecule has 1 aliphatic heterocycles. The molecule has 0 amide bonds. The molecule has 0 aromatic heterocycles. The number of hydrogen-bond donors (Lipinski definition) is 3. The first kappa shape index (κ1) is 20.8. The molecule has 0 spiro atoms. The summed E-state index contributed by atoms with van der Waals surface area (Å²) in [5.74, 6) is -0.703. The molecule has 0 fully saturated rings. The van der Waals surface area contributed by atoms with Gasteiger partial charge >= 0.3 is 20.3 Å². The second kappa shape index (κ2) is 7.36. The van der Waals surface area contributed by atoms with Crippen molar-refractivity contribution >= 4 is 36.8 Å². The number of nitrogens with one attached hydrogen (secondary N) is 1. The van der Waals surface area contributed by atoms with Crippen LogP contribution in [0, 0.1) is 0 Å². The van der Waals surface area contributed by atoms with Gasteiger partial charge in [0.05, 0.1) is 12.5 Å². The molecule has 9 nitrogen and oxygen atoms in total. The van der Waals surface area contributed by atoms with Gasteiger partial charge in [-0.15, -0.1) is 0 Å². The van der Waals surface area contributed by atoms with Crippen molar-refractivity contribution in [2.24, 2.45) is 0 Å². The normalized spacial score (nSPS) is 15.5. The van der Waals surface area contributed by atoms with Crippen molar-refractivity contribution < 1.29 is 31.2 Å². The smallest absolute Gasteiger partial charge is 0.330 e. The fraction of sp³-hybridized carbons (Fsp3) is 0.100. The molecule has 0 radical (unpaired) electrons. The SMILES string of the molecule is CS(=O)(=O)Oc1c(Cc2ccc(N3C=C(O)NS3(=O)=O)c(O)c2)ccc2ccccc12. The van der Waals surface area contributed by atoms with Crippen LogP contribution in [0.15, 0.2) is 66.7 Å². The van der Waals surface area contributed by atoms with Gasteiger partial charge in [0.2, 0.25) is 5.88 Å². The zero-order valence-electron chi connectivity index (χ0n) is 16.2. The molecule has 162 valence electrons. The molecule has 31 heavy (non-hydrogen) atoms. The van der Waals surface area contributed by atoms with Crippen molar-refractivity contribution in [2.45, 2.75) is 6.42 Å². The minimum Gasteiger partial charge on any atom is -0.506 e. The highest BCUT2D eigenvalue weighted by atomic mass is 32.2. The van der Waals surface area contributed by atoms with Gasteiger partial charge in [0.1, 0.15) is 11.4 Å². The van der Waals surface area contributed by atoms with Gasteiger partial charge in [0, 0.05) is 17.4 Å². The number of hydrogen-bond acceptors (Lipinski definition) is 7. The average molecular weight is 463 g/mol. The Balaban J connectivity index is 1.73. The van der Waals surface area contributed by atoms with E-state index in [1.165, 1.54) is 12.1 Å². The maximum atomic E-state index is 12.0. The third-order valence-electron chi connectivity index (χ3n) is 4.60. The van der Waals surface area contributed by atoms with Crippen LogP contribution < -0.4 is 13.2 Å². The van der Waals surface area contributed by atoms with E-state index in [9.17, 15) is 27.0 Å². The van der Waals surface area contributed by atoms with Gasteiger partial charge in [0.15, 0.2) is 5.75 Å². The zero-order chi connectivity index (χ0) is 22.4. The number of aliphatic hydroxyl groups excluding tert-OH is 1. The first-order valence-electron chi connectivity index (χ1n) is 8.98. The van der Waals surface area contributed by atoms with Crippen LogP contribution in [0.25, 0.3) is 10.8 Å². The van der Waals surface area contributed by atoms with E-state index in [1.54, 1.807) is 24.3 Å². The van der Waals surface area contributed by atoms with Crippen LogP contribution in [0.3, 0.4) is 0 Å². The Morgan fingerprint density at radius 2 is 1.81 bits per heavy atom. The Bertz CT molecular complexity index is 1430. The standard InChI is InChI=1S/C20H18N2O7S2/c1-30(25,26)29-20-15(8-7-14-4-2-3-5-16(14)20)10-13-6-9-17(18(23)11-13)22-12-19(24)21-31(22,27)28/h2-9,11-12,21,23-24H,10H2,1H3. The van der Waals surface area contributed by atoms with E-state index in [0.29, 0.717) is 16.5 Å². The maximum absolute atomic E-state index is 12.0. The minimum absolute atomic E-state index is 0.0496. The third kappa shape index (κ3) is 4.23. The Morgan fingerprint density at radius 3 is 2.45 bits per heavy atom. The first-order valence-corrected chi connectivity index (χ1v) is 12.2. The summed E-state index contributed by atoms with van der Waals surface area (Å²) in [6, 6.07) is 15.1. The Kier molecular flexibility index (Phi) is 4.94. The van der Waals surface area contributed by atoms with Crippen LogP contribution in [0.4, 0.5) is 5.69 Å². The van der Waals surface area contributed by atoms with Crippen molar-refractivity contribution in [3.8, 4) is 11.5 Å². The zero-order valence-corrected chi connectivity index (χ0v) is 17.8. The summed E-state index contributed by atoms with van der Waals surface area (Å²) < 4.78 is 55.6. The number of aromatic hydroxyl groups is 1. The van der Waals surface area contributed by atoms with E-state index in [-0.39, 0.29) is 23.6 Å². The largest absolute Gasteiger partial charge is 0.506 e. The number of aliphatic hydroxyl groups is 1. The average Bonchev–Trinajstić information content (AvgIpc) is 2.95. The highest BCUT2D eigenvalue weighted by Crippen LogP contribution is 2.36. The third-order valence-corrected chi connectivity index (χ3v) is 6.36. The maximum Gasteiger partial charge on any atom is 0.330 e. The second-order valence-corrected chi connectivity index (χ2v) is 10.1. The molecule has 3 aromatic rings. The lowest BCUT2D eigenvalue weighted by Gasteiger charge is -2.17. The Morgan fingerprint density at radius 1 is 1.06 bits per heavy atom. The van der Waals surface area contributed by atoms with Crippen LogP contribution in [0.2, 0.25) is 0 Å². The van der Waals surface area contributed by atoms with Crippen molar-refractivity contribution in [3.05, 3.63) is 77.8 Å². The Labute approximate surface area is 179 Å². The van der Waals surface area contributed by atoms with E-state index >= 15 is 0 Å². The summed E-state index contributed by atoms with van der Waals surface area (Å²) >= 11 is 0. The molecule has 0 bridgehead atoms. The summed E-state index contributed by atoms with van der Waals surface area (Å²) in [4.78, 5) is 0. The van der Waals surface area contributed by atoms with Gasteiger partial charge in [0.25, 0.3) is 0 Å². The summed E-state index contributed by atoms with van der Waals surface area (Å²) in [6.45, 7) is 0. The molecular weight excluding hydrogens is 444 g/mol. The number of nitrogens with zero attached hydrogens (tertiary/aromatic N) is 1. The van der Waals surface area contributed by atoms with Gasteiger partial charge in [-0.3, -0.25) is 0 Å². The van der Waals surface area contributed by atoms with Crippen molar-refractivity contribution in [2.75, 3.05) is 10.6 Å². The molecular formula is C20H18N2O7S2. The highest BCUT2D eigenvalue weighted by molar-refractivity contribution is 7.91. The van der Waals surface area contributed by atoms with E-state index in [2.05, 4.69) is 0 Å². The van der Waals surface area contributed by atoms with Gasteiger partial charge in [-0.25, -0.2) is 9.03 Å². The molecule has 11 heteroatoms. The lowest BCUT2D eigenvalue weighted by molar-refractivity contribution is 0.392. The lowest BCUT2D eigenvalue weighted by atomic mass is 9.99. The molecule has 0 saturated carbocycles. The number of phenols is 1. The van der Waals surface area contributed by atoms with E-state index < -0.39 is 26.2 Å². The summed E-state index contributed by atoms with van der Waals surface area (Å²) in [5, 5.41) is 21.3. The monoisotopic (exact) mass is 462 g/mol. The van der Waals surface area contributed by atoms with E-state index in [1.807, 2.05) is 22.9 Å². The van der Waals surface area contributed by atoms with Crippen LogP contribution in [-0.2, 0) is 26.7 Å². The van der Waals surface area contributed by atoms with Crippen LogP contribution >= 0.6 is 0 Å². The molecule has 4 rings (SSSR count). The quantitative estimate of drug-likeness (QED) is 0.496. The highest BCUT2D eigenvalue weighted by Gasteiger charge is 2.30. The van der Waals surface area contributed by atoms with Crippen LogP contribution in [0.5, 0.6) is 11.5 Å². The van der Waals surface area contributed by atoms with Crippen LogP contribution in [-0.4, -0.2) is 33.3 Å². The number of rotatable bonds is 5. The molecule has 1 aliphatic rings. The van der Waals surface area contributed by atoms with E-state index in [0.717, 1.165) is 22.1 Å². The predicted molar refractivity (Wildman–Crippen MR) is 116 cm³/mol. The number of phenolic OH excluding ortho intramolecular Hbond substituents is 1. The van der Waals surface area contributed by atoms with E-state index in [4.69, 9.17) is 4.18 Å². The molecule has 0 atom stereocenters. The topological polar surface area (TPSA) is 133 Å². The van der Waals surface area contributed by atoms with Gasteiger partial charge in [-0.2, -0.15) is 16.8 Å². The summed E-state index contributed by atoms with van der Waals surface area (Å²) in [5.41, 5.74) is 1.11. The second-order valence-electron chi connectivity index (χ2n) is 6.98. The molecule has 0 saturated heterocycles. The van der Waals surface area contributed by atoms with Gasteiger partial charge < -0.3 is 14.4 Å². The fourth-order valence-corrected chi connectivity index (χ4v) is 4.92. The number of fused-ring (bicyclic) bond motifs is 1. The van der Waals surface area contributed by atoms with Crippen molar-refractivity contribution in [1.82, 2.24) is 4.72 Å². The summed E-state index contributed by atoms with van der Waals surface area (Å²) in [6.07, 6.45) is 2.12. The first-order chi connectivity index (χ1) is 14.5. The number of anilines is 1. The number of benzene rings is 3. The van der Waals surface area contributed by atoms with Gasteiger partial charge in [-0.1, -0.05) is 42.5 Å². The van der Waals surface area contributed by atoms with Gasteiger partial charge in [-0.05, 0) is 23.1 Å². The molecule has 0 aliphatic carbocycles. The van der Waals surface area contributed by atoms with Crippen LogP contribution in [0.1, 0.15) is 11.1 Å². The van der Waals surface area contributed by atoms with Crippen molar-refractivity contribution in [3.63, 3.8) is 0 Å². The summed E-state index contributed by atoms with van der Waals surface area (Å²) in [7, 11) is -7.83. The molecule has 3 N–H and O–H groups in total. The fourth-order valence-electron chi connectivity index (χ4n) is 3.35. The molecule has 0 unspecified atom stereocenters. The predicted octanol–water partition coefficient (Wildman–Crippen LogP) is 2.49. The minimum atomic E-state index is -4.04. The lowest BCUT2D eigenvalue weighted by Crippen LogP contribution is -2.29. The Hall–Kier alpha value is -3.44. The molecule has 3 aromatic carbocycles. The molecule has 1 heterocycles. The van der Waals surface area contributed by atoms with Crippen molar-refractivity contribution in [1.29, 1.82) is 0 Å².